The first-order chi connectivity index (χ1) is 12.2. The van der Waals surface area contributed by atoms with Crippen molar-refractivity contribution < 1.29 is 13.5 Å². The van der Waals surface area contributed by atoms with Crippen LogP contribution >= 0.6 is 23.1 Å². The standard InChI is InChI=1S/C15H13F2N5OS2/c16-10-4-9-12(5-11(10)17)19-7-20-13(9)24-15-22-21-14(25-15)18-6-8-2-1-3-23-8/h4-5,7-8H,1-3,6H2,(H,18,21). The van der Waals surface area contributed by atoms with E-state index >= 15 is 0 Å². The molecule has 4 rings (SSSR count). The Morgan fingerprint density at radius 2 is 2.12 bits per heavy atom. The number of hydrogen-bond acceptors (Lipinski definition) is 8. The van der Waals surface area contributed by atoms with Crippen molar-refractivity contribution in [2.75, 3.05) is 18.5 Å². The van der Waals surface area contributed by atoms with Crippen LogP contribution in [0, 0.1) is 11.6 Å². The van der Waals surface area contributed by atoms with Gasteiger partial charge in [-0.1, -0.05) is 11.3 Å². The minimum absolute atomic E-state index is 0.212. The van der Waals surface area contributed by atoms with Crippen LogP contribution in [-0.4, -0.2) is 39.4 Å². The molecule has 1 aliphatic heterocycles. The van der Waals surface area contributed by atoms with Crippen LogP contribution in [0.3, 0.4) is 0 Å². The number of nitrogens with one attached hydrogen (secondary N) is 1. The fraction of sp³-hybridized carbons (Fsp3) is 0.333. The van der Waals surface area contributed by atoms with Crippen LogP contribution < -0.4 is 5.32 Å². The van der Waals surface area contributed by atoms with E-state index in [1.807, 2.05) is 0 Å². The zero-order valence-electron chi connectivity index (χ0n) is 12.9. The smallest absolute Gasteiger partial charge is 0.206 e. The molecule has 0 bridgehead atoms. The molecule has 3 aromatic rings. The van der Waals surface area contributed by atoms with Crippen molar-refractivity contribution in [1.29, 1.82) is 0 Å². The monoisotopic (exact) mass is 381 g/mol. The van der Waals surface area contributed by atoms with Gasteiger partial charge < -0.3 is 10.1 Å². The molecular weight excluding hydrogens is 368 g/mol. The molecule has 1 aromatic carbocycles. The number of hydrogen-bond donors (Lipinski definition) is 1. The minimum atomic E-state index is -0.932. The maximum atomic E-state index is 13.5. The second-order valence-electron chi connectivity index (χ2n) is 5.45. The van der Waals surface area contributed by atoms with Crippen molar-refractivity contribution in [3.8, 4) is 0 Å². The molecular formula is C15H13F2N5OS2. The molecule has 3 heterocycles. The molecule has 1 N–H and O–H groups in total. The number of ether oxygens (including phenoxy) is 1. The molecule has 1 aliphatic rings. The van der Waals surface area contributed by atoms with Gasteiger partial charge in [-0.3, -0.25) is 0 Å². The highest BCUT2D eigenvalue weighted by molar-refractivity contribution is 8.01. The third-order valence-electron chi connectivity index (χ3n) is 3.74. The van der Waals surface area contributed by atoms with Crippen LogP contribution in [-0.2, 0) is 4.74 Å². The Labute approximate surface area is 150 Å². The van der Waals surface area contributed by atoms with Gasteiger partial charge in [0.15, 0.2) is 16.0 Å². The number of nitrogens with zero attached hydrogens (tertiary/aromatic N) is 4. The summed E-state index contributed by atoms with van der Waals surface area (Å²) in [5.41, 5.74) is 0.345. The van der Waals surface area contributed by atoms with Gasteiger partial charge in [0.05, 0.1) is 11.6 Å². The molecule has 1 fully saturated rings. The molecule has 10 heteroatoms. The molecule has 0 aliphatic carbocycles. The SMILES string of the molecule is Fc1cc2ncnc(Sc3nnc(NCC4CCCO4)s3)c2cc1F. The number of anilines is 1. The first-order valence-electron chi connectivity index (χ1n) is 7.65. The lowest BCUT2D eigenvalue weighted by atomic mass is 10.2. The van der Waals surface area contributed by atoms with E-state index in [9.17, 15) is 8.78 Å². The van der Waals surface area contributed by atoms with Crippen LogP contribution in [0.1, 0.15) is 12.8 Å². The van der Waals surface area contributed by atoms with Gasteiger partial charge >= 0.3 is 0 Å². The van der Waals surface area contributed by atoms with E-state index in [0.29, 0.717) is 31.9 Å². The van der Waals surface area contributed by atoms with E-state index in [1.54, 1.807) is 0 Å². The highest BCUT2D eigenvalue weighted by Gasteiger charge is 2.17. The summed E-state index contributed by atoms with van der Waals surface area (Å²) in [5.74, 6) is -1.86. The summed E-state index contributed by atoms with van der Waals surface area (Å²) in [6.45, 7) is 1.50. The molecule has 130 valence electrons. The molecule has 2 aromatic heterocycles. The van der Waals surface area contributed by atoms with Crippen molar-refractivity contribution in [3.05, 3.63) is 30.1 Å². The summed E-state index contributed by atoms with van der Waals surface area (Å²) in [5, 5.41) is 13.0. The zero-order chi connectivity index (χ0) is 17.2. The highest BCUT2D eigenvalue weighted by atomic mass is 32.2. The van der Waals surface area contributed by atoms with E-state index in [0.717, 1.165) is 31.6 Å². The van der Waals surface area contributed by atoms with Crippen molar-refractivity contribution in [2.45, 2.75) is 28.3 Å². The van der Waals surface area contributed by atoms with Gasteiger partial charge in [-0.15, -0.1) is 10.2 Å². The summed E-state index contributed by atoms with van der Waals surface area (Å²) in [6.07, 6.45) is 3.66. The Morgan fingerprint density at radius 3 is 2.96 bits per heavy atom. The minimum Gasteiger partial charge on any atom is -0.376 e. The Hall–Kier alpha value is -1.91. The molecule has 1 saturated heterocycles. The Balaban J connectivity index is 1.50. The second-order valence-corrected chi connectivity index (χ2v) is 7.67. The van der Waals surface area contributed by atoms with E-state index in [-0.39, 0.29) is 6.10 Å². The summed E-state index contributed by atoms with van der Waals surface area (Å²) >= 11 is 2.62. The lowest BCUT2D eigenvalue weighted by Crippen LogP contribution is -2.18. The predicted octanol–water partition coefficient (Wildman–Crippen LogP) is 3.50. The Kier molecular flexibility index (Phi) is 4.73. The molecule has 0 amide bonds. The molecule has 0 spiro atoms. The Morgan fingerprint density at radius 1 is 1.24 bits per heavy atom. The van der Waals surface area contributed by atoms with E-state index < -0.39 is 11.6 Å². The normalized spacial score (nSPS) is 17.3. The summed E-state index contributed by atoms with van der Waals surface area (Å²) in [6, 6.07) is 2.16. The first kappa shape index (κ1) is 16.6. The zero-order valence-corrected chi connectivity index (χ0v) is 14.5. The second kappa shape index (κ2) is 7.14. The lowest BCUT2D eigenvalue weighted by Gasteiger charge is -2.08. The van der Waals surface area contributed by atoms with Crippen molar-refractivity contribution in [1.82, 2.24) is 20.2 Å². The maximum Gasteiger partial charge on any atom is 0.206 e. The number of halogens is 2. The maximum absolute atomic E-state index is 13.5. The van der Waals surface area contributed by atoms with E-state index in [2.05, 4.69) is 25.5 Å². The van der Waals surface area contributed by atoms with Gasteiger partial charge in [0.2, 0.25) is 5.13 Å². The number of fused-ring (bicyclic) bond motifs is 1. The third-order valence-corrected chi connectivity index (χ3v) is 5.69. The number of benzene rings is 1. The molecule has 6 nitrogen and oxygen atoms in total. The van der Waals surface area contributed by atoms with Gasteiger partial charge in [0.1, 0.15) is 11.4 Å². The third kappa shape index (κ3) is 3.70. The summed E-state index contributed by atoms with van der Waals surface area (Å²) in [4.78, 5) is 8.13. The molecule has 0 radical (unpaired) electrons. The fourth-order valence-electron chi connectivity index (χ4n) is 2.52. The predicted molar refractivity (Wildman–Crippen MR) is 90.9 cm³/mol. The molecule has 0 saturated carbocycles. The van der Waals surface area contributed by atoms with Crippen molar-refractivity contribution >= 4 is 39.1 Å². The molecule has 1 unspecified atom stereocenters. The Bertz CT molecular complexity index is 901. The van der Waals surface area contributed by atoms with Gasteiger partial charge in [0.25, 0.3) is 0 Å². The molecule has 1 atom stereocenters. The average molecular weight is 381 g/mol. The van der Waals surface area contributed by atoms with Crippen molar-refractivity contribution in [2.24, 2.45) is 0 Å². The topological polar surface area (TPSA) is 72.8 Å². The fourth-order valence-corrected chi connectivity index (χ4v) is 4.27. The van der Waals surface area contributed by atoms with Crippen LogP contribution in [0.25, 0.3) is 10.9 Å². The first-order valence-corrected chi connectivity index (χ1v) is 9.29. The van der Waals surface area contributed by atoms with Gasteiger partial charge in [-0.05, 0) is 30.7 Å². The quantitative estimate of drug-likeness (QED) is 0.678. The molecule has 25 heavy (non-hydrogen) atoms. The highest BCUT2D eigenvalue weighted by Crippen LogP contribution is 2.34. The van der Waals surface area contributed by atoms with E-state index in [1.165, 1.54) is 29.4 Å². The number of aromatic nitrogens is 4. The lowest BCUT2D eigenvalue weighted by molar-refractivity contribution is 0.120. The van der Waals surface area contributed by atoms with Crippen LogP contribution in [0.4, 0.5) is 13.9 Å². The summed E-state index contributed by atoms with van der Waals surface area (Å²) in [7, 11) is 0. The van der Waals surface area contributed by atoms with Gasteiger partial charge in [0, 0.05) is 24.6 Å². The average Bonchev–Trinajstić information content (AvgIpc) is 3.26. The van der Waals surface area contributed by atoms with Gasteiger partial charge in [-0.25, -0.2) is 18.7 Å². The van der Waals surface area contributed by atoms with E-state index in [4.69, 9.17) is 4.74 Å². The van der Waals surface area contributed by atoms with Crippen LogP contribution in [0.15, 0.2) is 27.8 Å². The van der Waals surface area contributed by atoms with Crippen LogP contribution in [0.2, 0.25) is 0 Å². The van der Waals surface area contributed by atoms with Gasteiger partial charge in [-0.2, -0.15) is 0 Å². The van der Waals surface area contributed by atoms with Crippen LogP contribution in [0.5, 0.6) is 0 Å². The summed E-state index contributed by atoms with van der Waals surface area (Å²) < 4.78 is 33.1. The largest absolute Gasteiger partial charge is 0.376 e. The number of rotatable bonds is 5. The van der Waals surface area contributed by atoms with Crippen molar-refractivity contribution in [3.63, 3.8) is 0 Å².